The number of anilines is 1. The largest absolute Gasteiger partial charge is 0.489 e. The van der Waals surface area contributed by atoms with E-state index in [-0.39, 0.29) is 30.7 Å². The first-order valence-electron chi connectivity index (χ1n) is 11.7. The van der Waals surface area contributed by atoms with E-state index in [1.54, 1.807) is 17.0 Å². The molecule has 1 N–H and O–H groups in total. The van der Waals surface area contributed by atoms with Crippen molar-refractivity contribution in [2.24, 2.45) is 0 Å². The molecule has 2 heterocycles. The summed E-state index contributed by atoms with van der Waals surface area (Å²) < 4.78 is 18.0. The zero-order valence-electron chi connectivity index (χ0n) is 19.4. The molecule has 35 heavy (non-hydrogen) atoms. The molecule has 7 heteroatoms. The molecule has 5 rings (SSSR count). The number of ether oxygens (including phenoxy) is 2. The SMILES string of the molecule is CCCNC(=O)[C@@H]1CN(C(=O)c2oc3ccccc3c2COc2ccccc2)c2ccccc2O1. The van der Waals surface area contributed by atoms with E-state index in [1.165, 1.54) is 0 Å². The molecule has 1 aliphatic heterocycles. The van der Waals surface area contributed by atoms with Crippen molar-refractivity contribution < 1.29 is 23.5 Å². The maximum atomic E-state index is 13.9. The summed E-state index contributed by atoms with van der Waals surface area (Å²) in [7, 11) is 0. The van der Waals surface area contributed by atoms with E-state index in [9.17, 15) is 9.59 Å². The zero-order chi connectivity index (χ0) is 24.2. The van der Waals surface area contributed by atoms with Crippen molar-refractivity contribution in [1.29, 1.82) is 0 Å². The Labute approximate surface area is 203 Å². The lowest BCUT2D eigenvalue weighted by Gasteiger charge is -2.33. The Morgan fingerprint density at radius 2 is 1.74 bits per heavy atom. The van der Waals surface area contributed by atoms with E-state index in [0.29, 0.717) is 34.9 Å². The second kappa shape index (κ2) is 9.93. The van der Waals surface area contributed by atoms with Crippen LogP contribution in [-0.4, -0.2) is 31.0 Å². The highest BCUT2D eigenvalue weighted by molar-refractivity contribution is 6.09. The number of hydrogen-bond donors (Lipinski definition) is 1. The second-order valence-corrected chi connectivity index (χ2v) is 8.29. The normalized spacial score (nSPS) is 14.8. The maximum Gasteiger partial charge on any atom is 0.294 e. The molecule has 2 amide bonds. The summed E-state index contributed by atoms with van der Waals surface area (Å²) in [5, 5.41) is 3.67. The molecule has 1 atom stereocenters. The molecule has 0 saturated carbocycles. The van der Waals surface area contributed by atoms with Gasteiger partial charge in [-0.3, -0.25) is 14.5 Å². The molecule has 0 aliphatic carbocycles. The lowest BCUT2D eigenvalue weighted by molar-refractivity contribution is -0.127. The molecule has 1 aromatic heterocycles. The van der Waals surface area contributed by atoms with Gasteiger partial charge in [-0.1, -0.05) is 55.5 Å². The molecule has 1 aliphatic rings. The molecule has 7 nitrogen and oxygen atoms in total. The number of amides is 2. The van der Waals surface area contributed by atoms with Crippen LogP contribution in [0.5, 0.6) is 11.5 Å². The Hall–Kier alpha value is -4.26. The number of rotatable bonds is 7. The van der Waals surface area contributed by atoms with Gasteiger partial charge in [-0.2, -0.15) is 0 Å². The van der Waals surface area contributed by atoms with Crippen LogP contribution in [0.4, 0.5) is 5.69 Å². The van der Waals surface area contributed by atoms with Gasteiger partial charge >= 0.3 is 0 Å². The minimum Gasteiger partial charge on any atom is -0.489 e. The van der Waals surface area contributed by atoms with Crippen LogP contribution in [0.25, 0.3) is 11.0 Å². The molecule has 4 aromatic rings. The summed E-state index contributed by atoms with van der Waals surface area (Å²) in [4.78, 5) is 28.2. The fourth-order valence-electron chi connectivity index (χ4n) is 4.13. The Balaban J connectivity index is 1.50. The summed E-state index contributed by atoms with van der Waals surface area (Å²) in [5.41, 5.74) is 1.85. The summed E-state index contributed by atoms with van der Waals surface area (Å²) in [5.74, 6) is 0.752. The first-order valence-corrected chi connectivity index (χ1v) is 11.7. The number of carbonyl (C=O) groups is 2. The van der Waals surface area contributed by atoms with E-state index in [1.807, 2.05) is 73.7 Å². The predicted octanol–water partition coefficient (Wildman–Crippen LogP) is 4.95. The van der Waals surface area contributed by atoms with Gasteiger partial charge in [0, 0.05) is 17.5 Å². The van der Waals surface area contributed by atoms with Gasteiger partial charge in [0.25, 0.3) is 11.8 Å². The quantitative estimate of drug-likeness (QED) is 0.414. The Bertz CT molecular complexity index is 1350. The number of furan rings is 1. The van der Waals surface area contributed by atoms with Gasteiger partial charge in [-0.25, -0.2) is 0 Å². The van der Waals surface area contributed by atoms with Crippen LogP contribution in [-0.2, 0) is 11.4 Å². The van der Waals surface area contributed by atoms with Gasteiger partial charge < -0.3 is 19.2 Å². The van der Waals surface area contributed by atoms with Gasteiger partial charge in [0.2, 0.25) is 0 Å². The lowest BCUT2D eigenvalue weighted by atomic mass is 10.1. The summed E-state index contributed by atoms with van der Waals surface area (Å²) in [6.45, 7) is 2.75. The number of nitrogens with zero attached hydrogens (tertiary/aromatic N) is 1. The molecular formula is C28H26N2O5. The third-order valence-electron chi connectivity index (χ3n) is 5.88. The molecule has 3 aromatic carbocycles. The monoisotopic (exact) mass is 470 g/mol. The second-order valence-electron chi connectivity index (χ2n) is 8.29. The van der Waals surface area contributed by atoms with Crippen molar-refractivity contribution in [3.8, 4) is 11.5 Å². The van der Waals surface area contributed by atoms with Gasteiger partial charge in [-0.05, 0) is 36.8 Å². The highest BCUT2D eigenvalue weighted by Crippen LogP contribution is 2.36. The smallest absolute Gasteiger partial charge is 0.294 e. The van der Waals surface area contributed by atoms with Crippen LogP contribution in [0.1, 0.15) is 29.5 Å². The number of benzene rings is 3. The van der Waals surface area contributed by atoms with Gasteiger partial charge in [-0.15, -0.1) is 0 Å². The summed E-state index contributed by atoms with van der Waals surface area (Å²) in [6.07, 6.45) is -0.0182. The summed E-state index contributed by atoms with van der Waals surface area (Å²) in [6, 6.07) is 24.1. The maximum absolute atomic E-state index is 13.9. The fraction of sp³-hybridized carbons (Fsp3) is 0.214. The first-order chi connectivity index (χ1) is 17.2. The topological polar surface area (TPSA) is 81.0 Å². The minimum absolute atomic E-state index is 0.0709. The highest BCUT2D eigenvalue weighted by Gasteiger charge is 2.36. The predicted molar refractivity (Wildman–Crippen MR) is 133 cm³/mol. The van der Waals surface area contributed by atoms with Crippen molar-refractivity contribution in [3.05, 3.63) is 90.2 Å². The van der Waals surface area contributed by atoms with E-state index >= 15 is 0 Å². The van der Waals surface area contributed by atoms with Crippen LogP contribution in [0.15, 0.2) is 83.3 Å². The molecule has 0 bridgehead atoms. The highest BCUT2D eigenvalue weighted by atomic mass is 16.5. The van der Waals surface area contributed by atoms with Gasteiger partial charge in [0.1, 0.15) is 23.7 Å². The zero-order valence-corrected chi connectivity index (χ0v) is 19.4. The van der Waals surface area contributed by atoms with Gasteiger partial charge in [0.15, 0.2) is 11.9 Å². The van der Waals surface area contributed by atoms with E-state index in [0.717, 1.165) is 11.8 Å². The van der Waals surface area contributed by atoms with Crippen LogP contribution in [0.2, 0.25) is 0 Å². The van der Waals surface area contributed by atoms with Crippen molar-refractivity contribution in [3.63, 3.8) is 0 Å². The molecule has 0 fully saturated rings. The molecule has 0 spiro atoms. The Kier molecular flexibility index (Phi) is 6.39. The van der Waals surface area contributed by atoms with Crippen LogP contribution in [0.3, 0.4) is 0 Å². The standard InChI is InChI=1S/C28H26N2O5/c1-2-16-29-27(31)25-17-30(22-13-7-9-15-24(22)34-25)28(32)26-21(18-33-19-10-4-3-5-11-19)20-12-6-8-14-23(20)35-26/h3-15,25H,2,16-18H2,1H3,(H,29,31)/t25-/m0/s1. The average molecular weight is 471 g/mol. The fourth-order valence-corrected chi connectivity index (χ4v) is 4.13. The van der Waals surface area contributed by atoms with E-state index in [4.69, 9.17) is 13.9 Å². The van der Waals surface area contributed by atoms with Crippen LogP contribution in [0, 0.1) is 0 Å². The van der Waals surface area contributed by atoms with Crippen molar-refractivity contribution >= 4 is 28.5 Å². The molecular weight excluding hydrogens is 444 g/mol. The number of para-hydroxylation sites is 4. The number of fused-ring (bicyclic) bond motifs is 2. The third-order valence-corrected chi connectivity index (χ3v) is 5.88. The molecule has 0 saturated heterocycles. The Morgan fingerprint density at radius 1 is 1.00 bits per heavy atom. The van der Waals surface area contributed by atoms with Crippen molar-refractivity contribution in [1.82, 2.24) is 5.32 Å². The summed E-state index contributed by atoms with van der Waals surface area (Å²) >= 11 is 0. The minimum atomic E-state index is -0.825. The number of carbonyl (C=O) groups excluding carboxylic acids is 2. The molecule has 0 unspecified atom stereocenters. The number of nitrogens with one attached hydrogen (secondary N) is 1. The van der Waals surface area contributed by atoms with Crippen molar-refractivity contribution in [2.45, 2.75) is 26.1 Å². The van der Waals surface area contributed by atoms with Crippen molar-refractivity contribution in [2.75, 3.05) is 18.0 Å². The van der Waals surface area contributed by atoms with E-state index in [2.05, 4.69) is 5.32 Å². The third kappa shape index (κ3) is 4.57. The first kappa shape index (κ1) is 22.5. The lowest BCUT2D eigenvalue weighted by Crippen LogP contribution is -2.51. The average Bonchev–Trinajstić information content (AvgIpc) is 3.28. The number of hydrogen-bond acceptors (Lipinski definition) is 5. The van der Waals surface area contributed by atoms with Crippen LogP contribution >= 0.6 is 0 Å². The van der Waals surface area contributed by atoms with Gasteiger partial charge in [0.05, 0.1) is 12.2 Å². The Morgan fingerprint density at radius 3 is 2.57 bits per heavy atom. The van der Waals surface area contributed by atoms with E-state index < -0.39 is 6.10 Å². The molecule has 0 radical (unpaired) electrons. The molecule has 178 valence electrons. The van der Waals surface area contributed by atoms with Crippen LogP contribution < -0.4 is 19.7 Å².